The quantitative estimate of drug-likeness (QED) is 0.618. The first-order chi connectivity index (χ1) is 12.9. The third-order valence-corrected chi connectivity index (χ3v) is 4.59. The summed E-state index contributed by atoms with van der Waals surface area (Å²) in [6, 6.07) is 9.97. The van der Waals surface area contributed by atoms with Crippen LogP contribution in [0.2, 0.25) is 0 Å². The van der Waals surface area contributed by atoms with Crippen molar-refractivity contribution in [3.63, 3.8) is 0 Å². The van der Waals surface area contributed by atoms with Crippen LogP contribution in [-0.4, -0.2) is 41.6 Å². The lowest BCUT2D eigenvalue weighted by Gasteiger charge is -2.08. The second-order valence-electron chi connectivity index (χ2n) is 5.51. The summed E-state index contributed by atoms with van der Waals surface area (Å²) in [6.07, 6.45) is 1.43. The zero-order valence-corrected chi connectivity index (χ0v) is 14.9. The number of hydrogen-bond donors (Lipinski definition) is 1. The summed E-state index contributed by atoms with van der Waals surface area (Å²) in [6.45, 7) is -0.460. The van der Waals surface area contributed by atoms with Gasteiger partial charge in [-0.2, -0.15) is 0 Å². The number of nitrogens with zero attached hydrogens (tertiary/aromatic N) is 1. The molecule has 1 aliphatic rings. The molecule has 27 heavy (non-hydrogen) atoms. The van der Waals surface area contributed by atoms with Gasteiger partial charge in [0.2, 0.25) is 5.91 Å². The van der Waals surface area contributed by atoms with E-state index in [0.29, 0.717) is 28.8 Å². The summed E-state index contributed by atoms with van der Waals surface area (Å²) in [7, 11) is 1.31. The van der Waals surface area contributed by atoms with E-state index >= 15 is 0 Å². The number of carbonyl (C=O) groups is 4. The number of rotatable bonds is 5. The molecule has 1 fully saturated rings. The average molecular weight is 386 g/mol. The summed E-state index contributed by atoms with van der Waals surface area (Å²) in [4.78, 5) is 47.3. The van der Waals surface area contributed by atoms with Gasteiger partial charge >= 0.3 is 5.97 Å². The molecule has 2 N–H and O–H groups in total. The highest BCUT2D eigenvalue weighted by Crippen LogP contribution is 2.33. The van der Waals surface area contributed by atoms with E-state index in [-0.39, 0.29) is 4.91 Å². The highest BCUT2D eigenvalue weighted by atomic mass is 32.2. The van der Waals surface area contributed by atoms with Gasteiger partial charge in [-0.15, -0.1) is 0 Å². The van der Waals surface area contributed by atoms with Gasteiger partial charge < -0.3 is 14.9 Å². The number of ether oxygens (including phenoxy) is 1. The van der Waals surface area contributed by atoms with Gasteiger partial charge in [0.15, 0.2) is 0 Å². The number of primary amides is 1. The van der Waals surface area contributed by atoms with E-state index in [2.05, 4.69) is 4.74 Å². The van der Waals surface area contributed by atoms with Crippen LogP contribution in [0.3, 0.4) is 0 Å². The Kier molecular flexibility index (Phi) is 5.13. The Morgan fingerprint density at radius 1 is 1.19 bits per heavy atom. The van der Waals surface area contributed by atoms with Crippen LogP contribution in [0.25, 0.3) is 17.4 Å². The summed E-state index contributed by atoms with van der Waals surface area (Å²) < 4.78 is 10.3. The number of nitrogens with two attached hydrogens (primary N) is 1. The van der Waals surface area contributed by atoms with E-state index < -0.39 is 29.6 Å². The van der Waals surface area contributed by atoms with Crippen molar-refractivity contribution in [1.29, 1.82) is 0 Å². The van der Waals surface area contributed by atoms with Crippen LogP contribution < -0.4 is 5.73 Å². The molecule has 1 aromatic heterocycles. The van der Waals surface area contributed by atoms with Crippen LogP contribution in [0.15, 0.2) is 45.7 Å². The Hall–Kier alpha value is -3.33. The molecule has 0 spiro atoms. The van der Waals surface area contributed by atoms with Crippen molar-refractivity contribution in [3.05, 3.63) is 52.6 Å². The van der Waals surface area contributed by atoms with E-state index in [4.69, 9.17) is 10.2 Å². The monoisotopic (exact) mass is 386 g/mol. The van der Waals surface area contributed by atoms with Crippen LogP contribution in [0.5, 0.6) is 0 Å². The normalized spacial score (nSPS) is 15.4. The number of methoxy groups -OCH3 is 1. The third kappa shape index (κ3) is 3.93. The fraction of sp³-hybridized carbons (Fsp3) is 0.111. The maximum Gasteiger partial charge on any atom is 0.337 e. The predicted molar refractivity (Wildman–Crippen MR) is 97.4 cm³/mol. The van der Waals surface area contributed by atoms with Crippen LogP contribution in [-0.2, 0) is 14.3 Å². The number of carbonyl (C=O) groups excluding carboxylic acids is 4. The molecular weight excluding hydrogens is 372 g/mol. The van der Waals surface area contributed by atoms with Gasteiger partial charge in [-0.1, -0.05) is 12.1 Å². The molecule has 138 valence electrons. The summed E-state index contributed by atoms with van der Waals surface area (Å²) in [5.41, 5.74) is 6.18. The van der Waals surface area contributed by atoms with Crippen molar-refractivity contribution in [2.24, 2.45) is 5.73 Å². The van der Waals surface area contributed by atoms with E-state index in [9.17, 15) is 19.2 Å². The topological polar surface area (TPSA) is 120 Å². The zero-order valence-electron chi connectivity index (χ0n) is 14.1. The van der Waals surface area contributed by atoms with E-state index in [0.717, 1.165) is 10.5 Å². The molecule has 0 aliphatic carbocycles. The zero-order chi connectivity index (χ0) is 19.6. The highest BCUT2D eigenvalue weighted by molar-refractivity contribution is 8.18. The Labute approximate surface area is 157 Å². The minimum Gasteiger partial charge on any atom is -0.465 e. The van der Waals surface area contributed by atoms with Crippen molar-refractivity contribution in [3.8, 4) is 11.3 Å². The smallest absolute Gasteiger partial charge is 0.337 e. The first-order valence-electron chi connectivity index (χ1n) is 7.71. The fourth-order valence-electron chi connectivity index (χ4n) is 2.40. The Morgan fingerprint density at radius 3 is 2.52 bits per heavy atom. The molecule has 0 unspecified atom stereocenters. The van der Waals surface area contributed by atoms with Gasteiger partial charge in [0, 0.05) is 11.6 Å². The Balaban J connectivity index is 1.79. The van der Waals surface area contributed by atoms with E-state index in [1.54, 1.807) is 36.4 Å². The lowest BCUT2D eigenvalue weighted by atomic mass is 10.1. The number of esters is 1. The van der Waals surface area contributed by atoms with Crippen molar-refractivity contribution in [2.75, 3.05) is 13.7 Å². The standard InChI is InChI=1S/C18H14N2O6S/c1-25-17(23)11-4-2-10(3-5-11)13-7-6-12(26-13)8-14-16(22)20(9-15(19)21)18(24)27-14/h2-8H,9H2,1H3,(H2,19,21)/b14-8-. The van der Waals surface area contributed by atoms with Gasteiger partial charge in [-0.05, 0) is 36.0 Å². The molecule has 1 aromatic carbocycles. The maximum atomic E-state index is 12.2. The predicted octanol–water partition coefficient (Wildman–Crippen LogP) is 2.25. The molecular formula is C18H14N2O6S. The molecule has 3 rings (SSSR count). The average Bonchev–Trinajstić information content (AvgIpc) is 3.21. The number of benzene rings is 1. The minimum absolute atomic E-state index is 0.142. The molecule has 0 atom stereocenters. The van der Waals surface area contributed by atoms with Gasteiger partial charge in [0.1, 0.15) is 18.1 Å². The Morgan fingerprint density at radius 2 is 1.89 bits per heavy atom. The third-order valence-electron chi connectivity index (χ3n) is 3.68. The molecule has 1 saturated heterocycles. The number of imide groups is 1. The summed E-state index contributed by atoms with van der Waals surface area (Å²) in [5, 5.41) is -0.560. The van der Waals surface area contributed by atoms with Gasteiger partial charge in [0.05, 0.1) is 17.6 Å². The number of amides is 3. The van der Waals surface area contributed by atoms with Crippen LogP contribution in [0.1, 0.15) is 16.1 Å². The number of hydrogen-bond acceptors (Lipinski definition) is 7. The molecule has 3 amide bonds. The van der Waals surface area contributed by atoms with Crippen molar-refractivity contribution < 1.29 is 28.3 Å². The fourth-order valence-corrected chi connectivity index (χ4v) is 3.21. The molecule has 0 saturated carbocycles. The lowest BCUT2D eigenvalue weighted by Crippen LogP contribution is -2.36. The van der Waals surface area contributed by atoms with Gasteiger partial charge in [-0.25, -0.2) is 4.79 Å². The van der Waals surface area contributed by atoms with Crippen LogP contribution in [0.4, 0.5) is 4.79 Å². The second-order valence-corrected chi connectivity index (χ2v) is 6.50. The minimum atomic E-state index is -0.769. The molecule has 8 nitrogen and oxygen atoms in total. The van der Waals surface area contributed by atoms with E-state index in [1.807, 2.05) is 0 Å². The molecule has 9 heteroatoms. The van der Waals surface area contributed by atoms with Crippen molar-refractivity contribution in [1.82, 2.24) is 4.90 Å². The van der Waals surface area contributed by atoms with Crippen molar-refractivity contribution >= 4 is 40.9 Å². The van der Waals surface area contributed by atoms with Crippen molar-refractivity contribution in [2.45, 2.75) is 0 Å². The highest BCUT2D eigenvalue weighted by Gasteiger charge is 2.36. The van der Waals surface area contributed by atoms with Crippen LogP contribution >= 0.6 is 11.8 Å². The summed E-state index contributed by atoms with van der Waals surface area (Å²) in [5.74, 6) is -0.910. The molecule has 1 aliphatic heterocycles. The van der Waals surface area contributed by atoms with E-state index in [1.165, 1.54) is 13.2 Å². The molecule has 2 aromatic rings. The molecule has 0 radical (unpaired) electrons. The SMILES string of the molecule is COC(=O)c1ccc(-c2ccc(/C=C3\SC(=O)N(CC(N)=O)C3=O)o2)cc1. The van der Waals surface area contributed by atoms with Crippen LogP contribution in [0, 0.1) is 0 Å². The first-order valence-corrected chi connectivity index (χ1v) is 8.53. The second kappa shape index (κ2) is 7.50. The maximum absolute atomic E-state index is 12.2. The van der Waals surface area contributed by atoms with Gasteiger partial charge in [-0.3, -0.25) is 19.3 Å². The molecule has 2 heterocycles. The largest absolute Gasteiger partial charge is 0.465 e. The number of thioether (sulfide) groups is 1. The summed E-state index contributed by atoms with van der Waals surface area (Å²) >= 11 is 0.711. The first kappa shape index (κ1) is 18.5. The molecule has 0 bridgehead atoms. The lowest BCUT2D eigenvalue weighted by molar-refractivity contribution is -0.127. The van der Waals surface area contributed by atoms with Gasteiger partial charge in [0.25, 0.3) is 11.1 Å². The number of furan rings is 1. The Bertz CT molecular complexity index is 960.